The predicted molar refractivity (Wildman–Crippen MR) is 88.7 cm³/mol. The summed E-state index contributed by atoms with van der Waals surface area (Å²) in [7, 11) is 0. The number of pyridine rings is 2. The van der Waals surface area contributed by atoms with Crippen molar-refractivity contribution in [2.45, 2.75) is 27.3 Å². The number of rotatable bonds is 2. The smallest absolute Gasteiger partial charge is 0.158 e. The molecule has 0 unspecified atom stereocenters. The molecule has 4 rings (SSSR count). The molecule has 0 aliphatic heterocycles. The molecule has 0 saturated heterocycles. The Hall–Kier alpha value is -2.76. The average Bonchev–Trinajstić information content (AvgIpc) is 3.19. The molecule has 4 aromatic rings. The normalized spacial score (nSPS) is 10.8. The van der Waals surface area contributed by atoms with Crippen LogP contribution in [0.1, 0.15) is 20.8 Å². The average molecular weight is 311 g/mol. The minimum Gasteiger partial charge on any atom is -0.248 e. The van der Waals surface area contributed by atoms with Crippen LogP contribution in [-0.2, 0) is 6.54 Å². The maximum Gasteiger partial charge on any atom is 0.158 e. The van der Waals surface area contributed by atoms with E-state index in [1.54, 1.807) is 21.6 Å². The molecule has 0 N–H and O–H groups in total. The lowest BCUT2D eigenvalue weighted by molar-refractivity contribution is 0.626. The summed E-state index contributed by atoms with van der Waals surface area (Å²) in [6.07, 6.45) is 5.10. The lowest BCUT2D eigenvalue weighted by Gasteiger charge is -2.03. The first kappa shape index (κ1) is 15.1. The summed E-state index contributed by atoms with van der Waals surface area (Å²) in [6.45, 7) is 6.67. The van der Waals surface area contributed by atoms with Crippen LogP contribution in [0.3, 0.4) is 0 Å². The quantitative estimate of drug-likeness (QED) is 0.563. The molecule has 0 fully saturated rings. The van der Waals surface area contributed by atoms with Crippen molar-refractivity contribution >= 4 is 16.6 Å². The van der Waals surface area contributed by atoms with Gasteiger partial charge in [-0.2, -0.15) is 10.2 Å². The van der Waals surface area contributed by atoms with Crippen LogP contribution in [0.5, 0.6) is 0 Å². The topological polar surface area (TPSA) is 48.0 Å². The van der Waals surface area contributed by atoms with Crippen molar-refractivity contribution in [3.8, 4) is 11.3 Å². The van der Waals surface area contributed by atoms with Gasteiger partial charge in [0.2, 0.25) is 0 Å². The van der Waals surface area contributed by atoms with Crippen molar-refractivity contribution in [2.24, 2.45) is 0 Å². The molecule has 0 aliphatic carbocycles. The van der Waals surface area contributed by atoms with Crippen LogP contribution < -0.4 is 0 Å². The van der Waals surface area contributed by atoms with Crippen molar-refractivity contribution < 1.29 is 4.39 Å². The fraction of sp³-hybridized carbons (Fsp3) is 0.235. The first-order valence-electron chi connectivity index (χ1n) is 7.72. The van der Waals surface area contributed by atoms with Gasteiger partial charge in [0, 0.05) is 23.7 Å². The zero-order chi connectivity index (χ0) is 16.4. The van der Waals surface area contributed by atoms with E-state index in [1.807, 2.05) is 45.2 Å². The number of nitrogens with zero attached hydrogens (tertiary/aromatic N) is 5. The first-order chi connectivity index (χ1) is 11.3. The monoisotopic (exact) mass is 311 g/mol. The van der Waals surface area contributed by atoms with E-state index in [2.05, 4.69) is 15.2 Å². The van der Waals surface area contributed by atoms with Crippen LogP contribution >= 0.6 is 0 Å². The molecule has 0 aliphatic rings. The summed E-state index contributed by atoms with van der Waals surface area (Å²) in [4.78, 5) is 4.47. The Kier molecular flexibility index (Phi) is 4.06. The van der Waals surface area contributed by atoms with Crippen LogP contribution in [0.15, 0.2) is 42.9 Å². The van der Waals surface area contributed by atoms with Crippen LogP contribution in [0.25, 0.3) is 27.8 Å². The van der Waals surface area contributed by atoms with Crippen molar-refractivity contribution in [2.75, 3.05) is 0 Å². The van der Waals surface area contributed by atoms with E-state index >= 15 is 0 Å². The molecule has 6 heteroatoms. The number of fused-ring (bicyclic) bond motifs is 2. The minimum atomic E-state index is -0.364. The van der Waals surface area contributed by atoms with Crippen LogP contribution in [0, 0.1) is 5.82 Å². The number of hydrogen-bond donors (Lipinski definition) is 0. The van der Waals surface area contributed by atoms with Gasteiger partial charge >= 0.3 is 0 Å². The molecule has 118 valence electrons. The minimum absolute atomic E-state index is 0.305. The van der Waals surface area contributed by atoms with Crippen molar-refractivity contribution in [3.63, 3.8) is 0 Å². The SMILES string of the molecule is CC.CCn1ncc2cc(F)c(-c3cnn4ccccc34)nc21. The molecule has 0 radical (unpaired) electrons. The Balaban J connectivity index is 0.000000753. The van der Waals surface area contributed by atoms with Gasteiger partial charge in [-0.3, -0.25) is 0 Å². The van der Waals surface area contributed by atoms with Gasteiger partial charge in [0.1, 0.15) is 11.5 Å². The van der Waals surface area contributed by atoms with Crippen molar-refractivity contribution in [3.05, 3.63) is 48.7 Å². The molecule has 0 bridgehead atoms. The third kappa shape index (κ3) is 2.46. The summed E-state index contributed by atoms with van der Waals surface area (Å²) in [6, 6.07) is 7.14. The number of aryl methyl sites for hydroxylation is 1. The molecule has 0 spiro atoms. The molecule has 0 aromatic carbocycles. The van der Waals surface area contributed by atoms with Gasteiger partial charge in [0.05, 0.1) is 17.9 Å². The van der Waals surface area contributed by atoms with Crippen molar-refractivity contribution in [1.82, 2.24) is 24.4 Å². The van der Waals surface area contributed by atoms with Gasteiger partial charge in [-0.1, -0.05) is 19.9 Å². The summed E-state index contributed by atoms with van der Waals surface area (Å²) >= 11 is 0. The summed E-state index contributed by atoms with van der Waals surface area (Å²) < 4.78 is 17.8. The van der Waals surface area contributed by atoms with E-state index in [9.17, 15) is 4.39 Å². The largest absolute Gasteiger partial charge is 0.248 e. The first-order valence-corrected chi connectivity index (χ1v) is 7.72. The highest BCUT2D eigenvalue weighted by Gasteiger charge is 2.15. The fourth-order valence-corrected chi connectivity index (χ4v) is 2.52. The number of halogens is 1. The summed E-state index contributed by atoms with van der Waals surface area (Å²) in [5.74, 6) is -0.364. The van der Waals surface area contributed by atoms with Gasteiger partial charge in [0.15, 0.2) is 5.65 Å². The second-order valence-electron chi connectivity index (χ2n) is 4.78. The summed E-state index contributed by atoms with van der Waals surface area (Å²) in [5, 5.41) is 9.14. The van der Waals surface area contributed by atoms with E-state index in [1.165, 1.54) is 6.07 Å². The third-order valence-electron chi connectivity index (χ3n) is 3.55. The highest BCUT2D eigenvalue weighted by molar-refractivity contribution is 5.83. The maximum atomic E-state index is 14.4. The van der Waals surface area contributed by atoms with E-state index in [0.29, 0.717) is 28.8 Å². The van der Waals surface area contributed by atoms with Gasteiger partial charge < -0.3 is 0 Å². The molecule has 4 heterocycles. The highest BCUT2D eigenvalue weighted by atomic mass is 19.1. The molecular weight excluding hydrogens is 293 g/mol. The molecule has 0 saturated carbocycles. The Labute approximate surface area is 133 Å². The number of hydrogen-bond acceptors (Lipinski definition) is 3. The second-order valence-corrected chi connectivity index (χ2v) is 4.78. The lowest BCUT2D eigenvalue weighted by Crippen LogP contribution is -1.99. The molecule has 5 nitrogen and oxygen atoms in total. The zero-order valence-electron chi connectivity index (χ0n) is 13.4. The maximum absolute atomic E-state index is 14.4. The molecule has 0 atom stereocenters. The van der Waals surface area contributed by atoms with Gasteiger partial charge in [-0.15, -0.1) is 0 Å². The van der Waals surface area contributed by atoms with E-state index in [-0.39, 0.29) is 5.82 Å². The summed E-state index contributed by atoms with van der Waals surface area (Å²) in [5.41, 5.74) is 2.49. The van der Waals surface area contributed by atoms with Gasteiger partial charge in [0.25, 0.3) is 0 Å². The van der Waals surface area contributed by atoms with Gasteiger partial charge in [-0.25, -0.2) is 18.6 Å². The molecule has 4 aromatic heterocycles. The van der Waals surface area contributed by atoms with Crippen LogP contribution in [0.2, 0.25) is 0 Å². The molecule has 23 heavy (non-hydrogen) atoms. The highest BCUT2D eigenvalue weighted by Crippen LogP contribution is 2.27. The zero-order valence-corrected chi connectivity index (χ0v) is 13.4. The predicted octanol–water partition coefficient (Wildman–Crippen LogP) is 3.93. The van der Waals surface area contributed by atoms with E-state index in [0.717, 1.165) is 5.52 Å². The second kappa shape index (κ2) is 6.16. The lowest BCUT2D eigenvalue weighted by atomic mass is 10.1. The van der Waals surface area contributed by atoms with Crippen molar-refractivity contribution in [1.29, 1.82) is 0 Å². The van der Waals surface area contributed by atoms with E-state index in [4.69, 9.17) is 0 Å². The number of aromatic nitrogens is 5. The Morgan fingerprint density at radius 2 is 1.96 bits per heavy atom. The van der Waals surface area contributed by atoms with Gasteiger partial charge in [-0.05, 0) is 25.1 Å². The van der Waals surface area contributed by atoms with Crippen LogP contribution in [-0.4, -0.2) is 24.4 Å². The Morgan fingerprint density at radius 3 is 2.74 bits per heavy atom. The Morgan fingerprint density at radius 1 is 1.13 bits per heavy atom. The Bertz CT molecular complexity index is 954. The van der Waals surface area contributed by atoms with E-state index < -0.39 is 0 Å². The molecule has 0 amide bonds. The van der Waals surface area contributed by atoms with Crippen LogP contribution in [0.4, 0.5) is 4.39 Å². The standard InChI is InChI=1S/C15H12FN5.C2H6/c1-2-20-15-10(8-17-20)7-12(16)14(19-15)11-9-18-21-6-4-3-5-13(11)21;1-2/h3-9H,2H2,1H3;1-2H3. The third-order valence-corrected chi connectivity index (χ3v) is 3.55. The fourth-order valence-electron chi connectivity index (χ4n) is 2.52. The molecular formula is C17H18FN5.